The third kappa shape index (κ3) is 3.75. The zero-order valence-electron chi connectivity index (χ0n) is 10.4. The molecule has 0 aromatic heterocycles. The SMILES string of the molecule is CC(C)C(O)CNC(=O)C(C)(C)S(C)(=O)=O. The Kier molecular flexibility index (Phi) is 4.94. The summed E-state index contributed by atoms with van der Waals surface area (Å²) in [5.41, 5.74) is 0. The molecule has 1 atom stereocenters. The first-order chi connectivity index (χ1) is 7.00. The second kappa shape index (κ2) is 5.14. The number of hydrogen-bond donors (Lipinski definition) is 2. The van der Waals surface area contributed by atoms with Crippen molar-refractivity contribution in [2.75, 3.05) is 12.8 Å². The van der Waals surface area contributed by atoms with E-state index in [1.165, 1.54) is 13.8 Å². The molecule has 0 fully saturated rings. The number of carbonyl (C=O) groups is 1. The summed E-state index contributed by atoms with van der Waals surface area (Å²) in [6.45, 7) is 6.39. The van der Waals surface area contributed by atoms with E-state index in [1.54, 1.807) is 0 Å². The van der Waals surface area contributed by atoms with Gasteiger partial charge in [0.25, 0.3) is 0 Å². The highest BCUT2D eigenvalue weighted by molar-refractivity contribution is 7.92. The van der Waals surface area contributed by atoms with E-state index in [4.69, 9.17) is 0 Å². The van der Waals surface area contributed by atoms with Gasteiger partial charge in [-0.15, -0.1) is 0 Å². The van der Waals surface area contributed by atoms with Crippen LogP contribution in [0, 0.1) is 5.92 Å². The zero-order valence-corrected chi connectivity index (χ0v) is 11.3. The van der Waals surface area contributed by atoms with Crippen LogP contribution in [0.15, 0.2) is 0 Å². The van der Waals surface area contributed by atoms with Gasteiger partial charge >= 0.3 is 0 Å². The topological polar surface area (TPSA) is 83.5 Å². The summed E-state index contributed by atoms with van der Waals surface area (Å²) >= 11 is 0. The molecule has 96 valence electrons. The van der Waals surface area contributed by atoms with Crippen molar-refractivity contribution in [2.24, 2.45) is 5.92 Å². The van der Waals surface area contributed by atoms with Gasteiger partial charge in [-0.2, -0.15) is 0 Å². The Hall–Kier alpha value is -0.620. The molecule has 5 nitrogen and oxygen atoms in total. The first-order valence-corrected chi connectivity index (χ1v) is 7.05. The predicted molar refractivity (Wildman–Crippen MR) is 62.8 cm³/mol. The Labute approximate surface area is 97.2 Å². The van der Waals surface area contributed by atoms with E-state index in [0.29, 0.717) is 0 Å². The Morgan fingerprint density at radius 1 is 1.38 bits per heavy atom. The molecular weight excluding hydrogens is 230 g/mol. The highest BCUT2D eigenvalue weighted by Gasteiger charge is 2.38. The average molecular weight is 251 g/mol. The lowest BCUT2D eigenvalue weighted by Crippen LogP contribution is -2.49. The molecule has 0 aromatic carbocycles. The second-order valence-corrected chi connectivity index (χ2v) is 7.37. The third-order valence-corrected chi connectivity index (χ3v) is 4.75. The molecule has 1 unspecified atom stereocenters. The first-order valence-electron chi connectivity index (χ1n) is 5.16. The van der Waals surface area contributed by atoms with Crippen molar-refractivity contribution in [1.82, 2.24) is 5.32 Å². The largest absolute Gasteiger partial charge is 0.391 e. The minimum atomic E-state index is -3.46. The van der Waals surface area contributed by atoms with Crippen LogP contribution in [0.5, 0.6) is 0 Å². The van der Waals surface area contributed by atoms with Gasteiger partial charge in [0.2, 0.25) is 5.91 Å². The van der Waals surface area contributed by atoms with Crippen LogP contribution in [0.1, 0.15) is 27.7 Å². The monoisotopic (exact) mass is 251 g/mol. The van der Waals surface area contributed by atoms with Gasteiger partial charge in [0.05, 0.1) is 6.10 Å². The van der Waals surface area contributed by atoms with Crippen LogP contribution in [0.4, 0.5) is 0 Å². The van der Waals surface area contributed by atoms with Gasteiger partial charge in [-0.1, -0.05) is 13.8 Å². The fraction of sp³-hybridized carbons (Fsp3) is 0.900. The van der Waals surface area contributed by atoms with Crippen molar-refractivity contribution in [2.45, 2.75) is 38.5 Å². The maximum absolute atomic E-state index is 11.6. The molecule has 0 bridgehead atoms. The maximum atomic E-state index is 11.6. The maximum Gasteiger partial charge on any atom is 0.240 e. The van der Waals surface area contributed by atoms with Crippen LogP contribution < -0.4 is 5.32 Å². The number of amides is 1. The van der Waals surface area contributed by atoms with E-state index >= 15 is 0 Å². The summed E-state index contributed by atoms with van der Waals surface area (Å²) in [5.74, 6) is -0.573. The number of rotatable bonds is 5. The zero-order chi connectivity index (χ0) is 13.1. The molecule has 0 saturated heterocycles. The first kappa shape index (κ1) is 15.4. The van der Waals surface area contributed by atoms with Crippen LogP contribution in [0.25, 0.3) is 0 Å². The number of aliphatic hydroxyl groups excluding tert-OH is 1. The summed E-state index contributed by atoms with van der Waals surface area (Å²) in [6.07, 6.45) is 0.352. The smallest absolute Gasteiger partial charge is 0.240 e. The summed E-state index contributed by atoms with van der Waals surface area (Å²) in [4.78, 5) is 11.6. The van der Waals surface area contributed by atoms with E-state index in [-0.39, 0.29) is 12.5 Å². The molecule has 1 amide bonds. The van der Waals surface area contributed by atoms with E-state index in [1.807, 2.05) is 13.8 Å². The number of aliphatic hydroxyl groups is 1. The minimum absolute atomic E-state index is 0.0154. The predicted octanol–water partition coefficient (Wildman–Crippen LogP) is -0.0573. The molecule has 0 aromatic rings. The summed E-state index contributed by atoms with van der Waals surface area (Å²) in [5, 5.41) is 11.9. The van der Waals surface area contributed by atoms with Gasteiger partial charge in [-0.05, 0) is 19.8 Å². The standard InChI is InChI=1S/C10H21NO4S/c1-7(2)8(12)6-11-9(13)10(3,4)16(5,14)15/h7-8,12H,6H2,1-5H3,(H,11,13). The Morgan fingerprint density at radius 3 is 2.12 bits per heavy atom. The Bertz CT molecular complexity index is 346. The summed E-state index contributed by atoms with van der Waals surface area (Å²) in [7, 11) is -3.46. The molecule has 16 heavy (non-hydrogen) atoms. The molecule has 0 rings (SSSR count). The quantitative estimate of drug-likeness (QED) is 0.717. The van der Waals surface area contributed by atoms with E-state index in [0.717, 1.165) is 6.26 Å². The molecule has 2 N–H and O–H groups in total. The summed E-state index contributed by atoms with van der Waals surface area (Å²) < 4.78 is 21.2. The number of carbonyl (C=O) groups excluding carboxylic acids is 1. The van der Waals surface area contributed by atoms with Crippen molar-refractivity contribution in [1.29, 1.82) is 0 Å². The van der Waals surface area contributed by atoms with Gasteiger partial charge in [0, 0.05) is 12.8 Å². The van der Waals surface area contributed by atoms with Gasteiger partial charge < -0.3 is 10.4 Å². The van der Waals surface area contributed by atoms with Crippen LogP contribution >= 0.6 is 0 Å². The number of nitrogens with one attached hydrogen (secondary N) is 1. The van der Waals surface area contributed by atoms with Crippen molar-refractivity contribution in [3.8, 4) is 0 Å². The van der Waals surface area contributed by atoms with Crippen LogP contribution in [-0.4, -0.2) is 43.1 Å². The molecule has 0 saturated carbocycles. The normalized spacial score (nSPS) is 14.9. The van der Waals surface area contributed by atoms with Crippen LogP contribution in [0.3, 0.4) is 0 Å². The van der Waals surface area contributed by atoms with E-state index < -0.39 is 26.6 Å². The van der Waals surface area contributed by atoms with Crippen molar-refractivity contribution in [3.63, 3.8) is 0 Å². The molecule has 0 heterocycles. The lowest BCUT2D eigenvalue weighted by atomic mass is 10.1. The lowest BCUT2D eigenvalue weighted by molar-refractivity contribution is -0.123. The highest BCUT2D eigenvalue weighted by Crippen LogP contribution is 2.15. The van der Waals surface area contributed by atoms with Crippen molar-refractivity contribution < 1.29 is 18.3 Å². The lowest BCUT2D eigenvalue weighted by Gasteiger charge is -2.23. The molecule has 0 aliphatic heterocycles. The average Bonchev–Trinajstić information content (AvgIpc) is 2.11. The molecule has 0 spiro atoms. The van der Waals surface area contributed by atoms with Gasteiger partial charge in [-0.3, -0.25) is 4.79 Å². The van der Waals surface area contributed by atoms with Crippen LogP contribution in [0.2, 0.25) is 0 Å². The van der Waals surface area contributed by atoms with Crippen LogP contribution in [-0.2, 0) is 14.6 Å². The fourth-order valence-electron chi connectivity index (χ4n) is 0.814. The van der Waals surface area contributed by atoms with E-state index in [2.05, 4.69) is 5.32 Å². The second-order valence-electron chi connectivity index (χ2n) is 4.80. The third-order valence-electron chi connectivity index (χ3n) is 2.72. The van der Waals surface area contributed by atoms with Gasteiger partial charge in [-0.25, -0.2) is 8.42 Å². The molecule has 0 aliphatic rings. The minimum Gasteiger partial charge on any atom is -0.391 e. The molecule has 0 radical (unpaired) electrons. The van der Waals surface area contributed by atoms with E-state index in [9.17, 15) is 18.3 Å². The fourth-order valence-corrected chi connectivity index (χ4v) is 1.22. The number of hydrogen-bond acceptors (Lipinski definition) is 4. The highest BCUT2D eigenvalue weighted by atomic mass is 32.2. The van der Waals surface area contributed by atoms with Gasteiger partial charge in [0.15, 0.2) is 9.84 Å². The Morgan fingerprint density at radius 2 is 1.81 bits per heavy atom. The van der Waals surface area contributed by atoms with Crippen molar-refractivity contribution in [3.05, 3.63) is 0 Å². The Balaban J connectivity index is 4.50. The molecular formula is C10H21NO4S. The molecule has 0 aliphatic carbocycles. The number of sulfone groups is 1. The summed E-state index contributed by atoms with van der Waals surface area (Å²) in [6, 6.07) is 0. The molecule has 6 heteroatoms. The van der Waals surface area contributed by atoms with Crippen molar-refractivity contribution >= 4 is 15.7 Å². The van der Waals surface area contributed by atoms with Gasteiger partial charge in [0.1, 0.15) is 4.75 Å².